The Labute approximate surface area is 94.8 Å². The number of nitrogens with one attached hydrogen (secondary N) is 1. The van der Waals surface area contributed by atoms with Crippen LogP contribution in [0.25, 0.3) is 0 Å². The molecule has 0 fully saturated rings. The van der Waals surface area contributed by atoms with Crippen molar-refractivity contribution in [3.63, 3.8) is 0 Å². The molecule has 3 nitrogen and oxygen atoms in total. The molecule has 1 rings (SSSR count). The molecule has 0 aliphatic rings. The Morgan fingerprint density at radius 3 is 2.75 bits per heavy atom. The number of nitriles is 1. The van der Waals surface area contributed by atoms with Gasteiger partial charge in [-0.05, 0) is 44.7 Å². The second kappa shape index (κ2) is 4.95. The number of nitrogens with zero attached hydrogens (tertiary/aromatic N) is 1. The summed E-state index contributed by atoms with van der Waals surface area (Å²) in [4.78, 5) is 0. The normalized spacial score (nSPS) is 13.9. The summed E-state index contributed by atoms with van der Waals surface area (Å²) in [5.41, 5.74) is -0.0164. The predicted molar refractivity (Wildman–Crippen MR) is 59.7 cm³/mol. The first-order chi connectivity index (χ1) is 7.50. The number of rotatable bonds is 4. The largest absolute Gasteiger partial charge is 0.490 e. The van der Waals surface area contributed by atoms with E-state index in [1.165, 1.54) is 12.1 Å². The van der Waals surface area contributed by atoms with Crippen LogP contribution in [-0.2, 0) is 0 Å². The zero-order chi connectivity index (χ0) is 12.2. The van der Waals surface area contributed by atoms with E-state index in [-0.39, 0.29) is 12.4 Å². The molecule has 0 amide bonds. The zero-order valence-corrected chi connectivity index (χ0v) is 9.67. The fourth-order valence-corrected chi connectivity index (χ4v) is 1.16. The van der Waals surface area contributed by atoms with E-state index in [1.807, 2.05) is 0 Å². The van der Waals surface area contributed by atoms with Crippen LogP contribution in [0.15, 0.2) is 18.2 Å². The maximum atomic E-state index is 12.8. The van der Waals surface area contributed by atoms with E-state index in [9.17, 15) is 4.39 Å². The van der Waals surface area contributed by atoms with E-state index < -0.39 is 5.54 Å². The fourth-order valence-electron chi connectivity index (χ4n) is 1.16. The summed E-state index contributed by atoms with van der Waals surface area (Å²) in [7, 11) is 1.70. The fraction of sp³-hybridized carbons (Fsp3) is 0.417. The van der Waals surface area contributed by atoms with Crippen molar-refractivity contribution in [1.29, 1.82) is 5.26 Å². The minimum absolute atomic E-state index is 0.215. The molecule has 1 aromatic rings. The molecule has 0 saturated heterocycles. The van der Waals surface area contributed by atoms with Crippen molar-refractivity contribution in [2.45, 2.75) is 19.4 Å². The molecular formula is C12H15FN2O. The topological polar surface area (TPSA) is 45.0 Å². The Balaban J connectivity index is 2.72. The third-order valence-electron chi connectivity index (χ3n) is 2.45. The van der Waals surface area contributed by atoms with Crippen molar-refractivity contribution in [2.24, 2.45) is 0 Å². The summed E-state index contributed by atoms with van der Waals surface area (Å²) < 4.78 is 18.3. The van der Waals surface area contributed by atoms with Crippen LogP contribution < -0.4 is 10.1 Å². The first kappa shape index (κ1) is 12.5. The van der Waals surface area contributed by atoms with Crippen LogP contribution in [0.3, 0.4) is 0 Å². The molecule has 1 atom stereocenters. The Kier molecular flexibility index (Phi) is 3.86. The van der Waals surface area contributed by atoms with E-state index in [4.69, 9.17) is 10.00 Å². The molecule has 0 bridgehead atoms. The van der Waals surface area contributed by atoms with Gasteiger partial charge in [0.25, 0.3) is 0 Å². The molecule has 0 aromatic heterocycles. The van der Waals surface area contributed by atoms with Gasteiger partial charge in [-0.25, -0.2) is 4.39 Å². The van der Waals surface area contributed by atoms with Crippen molar-refractivity contribution >= 4 is 0 Å². The number of halogens is 1. The van der Waals surface area contributed by atoms with Crippen LogP contribution in [0.2, 0.25) is 0 Å². The van der Waals surface area contributed by atoms with Crippen LogP contribution in [0.5, 0.6) is 5.75 Å². The first-order valence-corrected chi connectivity index (χ1v) is 5.00. The molecule has 16 heavy (non-hydrogen) atoms. The van der Waals surface area contributed by atoms with Gasteiger partial charge in [0.2, 0.25) is 0 Å². The SMILES string of the molecule is CNC(C)(C#N)COc1ccc(F)cc1C. The van der Waals surface area contributed by atoms with Crippen molar-refractivity contribution in [2.75, 3.05) is 13.7 Å². The van der Waals surface area contributed by atoms with E-state index >= 15 is 0 Å². The Hall–Kier alpha value is -1.60. The van der Waals surface area contributed by atoms with Gasteiger partial charge in [-0.2, -0.15) is 5.26 Å². The molecule has 1 N–H and O–H groups in total. The molecule has 0 saturated carbocycles. The van der Waals surface area contributed by atoms with Gasteiger partial charge in [-0.1, -0.05) is 0 Å². The molecule has 0 radical (unpaired) electrons. The average molecular weight is 222 g/mol. The van der Waals surface area contributed by atoms with E-state index in [1.54, 1.807) is 27.0 Å². The van der Waals surface area contributed by atoms with Crippen molar-refractivity contribution in [3.05, 3.63) is 29.6 Å². The van der Waals surface area contributed by atoms with Crippen LogP contribution in [0.4, 0.5) is 4.39 Å². The smallest absolute Gasteiger partial charge is 0.137 e. The van der Waals surface area contributed by atoms with Gasteiger partial charge < -0.3 is 4.74 Å². The molecule has 1 unspecified atom stereocenters. The summed E-state index contributed by atoms with van der Waals surface area (Å²) in [6.07, 6.45) is 0. The van der Waals surface area contributed by atoms with Gasteiger partial charge >= 0.3 is 0 Å². The number of benzene rings is 1. The van der Waals surface area contributed by atoms with Crippen LogP contribution in [0.1, 0.15) is 12.5 Å². The predicted octanol–water partition coefficient (Wildman–Crippen LogP) is 2.01. The first-order valence-electron chi connectivity index (χ1n) is 5.00. The number of aryl methyl sites for hydroxylation is 1. The molecule has 0 heterocycles. The molecule has 0 spiro atoms. The van der Waals surface area contributed by atoms with E-state index in [2.05, 4.69) is 11.4 Å². The van der Waals surface area contributed by atoms with Crippen LogP contribution in [-0.4, -0.2) is 19.2 Å². The standard InChI is InChI=1S/C12H15FN2O/c1-9-6-10(13)4-5-11(9)16-8-12(2,7-14)15-3/h4-6,15H,8H2,1-3H3. The Bertz CT molecular complexity index is 414. The highest BCUT2D eigenvalue weighted by Crippen LogP contribution is 2.19. The number of hydrogen-bond acceptors (Lipinski definition) is 3. The molecule has 0 aliphatic heterocycles. The lowest BCUT2D eigenvalue weighted by atomic mass is 10.1. The summed E-state index contributed by atoms with van der Waals surface area (Å²) in [5.74, 6) is 0.305. The number of ether oxygens (including phenoxy) is 1. The second-order valence-electron chi connectivity index (χ2n) is 3.89. The molecule has 1 aromatic carbocycles. The van der Waals surface area contributed by atoms with Gasteiger partial charge in [-0.3, -0.25) is 5.32 Å². The van der Waals surface area contributed by atoms with Crippen molar-refractivity contribution in [3.8, 4) is 11.8 Å². The average Bonchev–Trinajstić information content (AvgIpc) is 2.27. The van der Waals surface area contributed by atoms with E-state index in [0.29, 0.717) is 5.75 Å². The van der Waals surface area contributed by atoms with Crippen LogP contribution >= 0.6 is 0 Å². The third-order valence-corrected chi connectivity index (χ3v) is 2.45. The number of likely N-dealkylation sites (N-methyl/N-ethyl adjacent to an activating group) is 1. The number of hydrogen-bond donors (Lipinski definition) is 1. The zero-order valence-electron chi connectivity index (χ0n) is 9.67. The van der Waals surface area contributed by atoms with Crippen LogP contribution in [0, 0.1) is 24.1 Å². The van der Waals surface area contributed by atoms with Crippen molar-refractivity contribution < 1.29 is 9.13 Å². The summed E-state index contributed by atoms with van der Waals surface area (Å²) >= 11 is 0. The van der Waals surface area contributed by atoms with Gasteiger partial charge in [0.15, 0.2) is 0 Å². The minimum Gasteiger partial charge on any atom is -0.490 e. The van der Waals surface area contributed by atoms with Gasteiger partial charge in [-0.15, -0.1) is 0 Å². The third kappa shape index (κ3) is 2.94. The highest BCUT2D eigenvalue weighted by atomic mass is 19.1. The maximum Gasteiger partial charge on any atom is 0.137 e. The quantitative estimate of drug-likeness (QED) is 0.847. The summed E-state index contributed by atoms with van der Waals surface area (Å²) in [6, 6.07) is 6.43. The van der Waals surface area contributed by atoms with E-state index in [0.717, 1.165) is 5.56 Å². The maximum absolute atomic E-state index is 12.8. The van der Waals surface area contributed by atoms with Gasteiger partial charge in [0.1, 0.15) is 23.7 Å². The lowest BCUT2D eigenvalue weighted by molar-refractivity contribution is 0.240. The molecular weight excluding hydrogens is 207 g/mol. The van der Waals surface area contributed by atoms with Gasteiger partial charge in [0.05, 0.1) is 6.07 Å². The lowest BCUT2D eigenvalue weighted by Crippen LogP contribution is -2.43. The Morgan fingerprint density at radius 1 is 1.56 bits per heavy atom. The molecule has 86 valence electrons. The second-order valence-corrected chi connectivity index (χ2v) is 3.89. The highest BCUT2D eigenvalue weighted by molar-refractivity contribution is 5.32. The summed E-state index contributed by atoms with van der Waals surface area (Å²) in [5, 5.41) is 11.8. The molecule has 0 aliphatic carbocycles. The highest BCUT2D eigenvalue weighted by Gasteiger charge is 2.22. The molecule has 4 heteroatoms. The monoisotopic (exact) mass is 222 g/mol. The Morgan fingerprint density at radius 2 is 2.25 bits per heavy atom. The minimum atomic E-state index is -0.735. The van der Waals surface area contributed by atoms with Gasteiger partial charge in [0, 0.05) is 0 Å². The van der Waals surface area contributed by atoms with Crippen molar-refractivity contribution in [1.82, 2.24) is 5.32 Å². The summed E-state index contributed by atoms with van der Waals surface area (Å²) in [6.45, 7) is 3.72. The lowest BCUT2D eigenvalue weighted by Gasteiger charge is -2.21.